The zero-order chi connectivity index (χ0) is 15.0. The van der Waals surface area contributed by atoms with Gasteiger partial charge in [-0.1, -0.05) is 0 Å². The number of carboxylic acid groups (broad SMARTS) is 1. The first-order valence-electron chi connectivity index (χ1n) is 7.51. The number of nitrogens with one attached hydrogen (secondary N) is 2. The maximum Gasteiger partial charge on any atom is 0.354 e. The lowest BCUT2D eigenvalue weighted by Gasteiger charge is -2.22. The molecule has 0 unspecified atom stereocenters. The molecule has 2 aliphatic carbocycles. The number of carbonyl (C=O) groups excluding carboxylic acids is 1. The molecule has 3 N–H and O–H groups in total. The van der Waals surface area contributed by atoms with Gasteiger partial charge in [0.2, 0.25) is 0 Å². The van der Waals surface area contributed by atoms with Gasteiger partial charge in [-0.25, -0.2) is 9.59 Å². The van der Waals surface area contributed by atoms with Crippen molar-refractivity contribution in [1.82, 2.24) is 9.88 Å². The molecule has 1 aromatic rings. The number of hydrogen-bond acceptors (Lipinski definition) is 2. The zero-order valence-electron chi connectivity index (χ0n) is 12.2. The van der Waals surface area contributed by atoms with Crippen LogP contribution >= 0.6 is 0 Å². The molecule has 0 aromatic carbocycles. The van der Waals surface area contributed by atoms with Gasteiger partial charge in [-0.15, -0.1) is 0 Å². The third kappa shape index (κ3) is 3.56. The van der Waals surface area contributed by atoms with E-state index in [1.54, 1.807) is 13.0 Å². The molecule has 2 saturated carbocycles. The van der Waals surface area contributed by atoms with Gasteiger partial charge in [-0.3, -0.25) is 0 Å². The molecule has 0 saturated heterocycles. The normalized spacial score (nSPS) is 17.6. The van der Waals surface area contributed by atoms with Crippen molar-refractivity contribution in [3.63, 3.8) is 0 Å². The molecular formula is C15H21N3O3. The summed E-state index contributed by atoms with van der Waals surface area (Å²) in [6.45, 7) is 3.34. The van der Waals surface area contributed by atoms with Gasteiger partial charge >= 0.3 is 12.0 Å². The maximum atomic E-state index is 12.4. The van der Waals surface area contributed by atoms with Crippen LogP contribution in [-0.4, -0.2) is 40.1 Å². The molecule has 0 aliphatic heterocycles. The summed E-state index contributed by atoms with van der Waals surface area (Å²) in [6, 6.07) is 1.48. The predicted molar refractivity (Wildman–Crippen MR) is 78.5 cm³/mol. The van der Waals surface area contributed by atoms with Gasteiger partial charge < -0.3 is 20.3 Å². The first kappa shape index (κ1) is 14.0. The monoisotopic (exact) mass is 291 g/mol. The quantitative estimate of drug-likeness (QED) is 0.753. The molecular weight excluding hydrogens is 270 g/mol. The molecule has 114 valence electrons. The number of H-pyrrole nitrogens is 1. The molecule has 0 atom stereocenters. The smallest absolute Gasteiger partial charge is 0.354 e. The van der Waals surface area contributed by atoms with Crippen LogP contribution in [0.3, 0.4) is 0 Å². The van der Waals surface area contributed by atoms with E-state index in [-0.39, 0.29) is 11.7 Å². The summed E-state index contributed by atoms with van der Waals surface area (Å²) in [5.74, 6) is 0.192. The summed E-state index contributed by atoms with van der Waals surface area (Å²) in [7, 11) is 0. The van der Waals surface area contributed by atoms with Gasteiger partial charge in [0.05, 0.1) is 5.69 Å². The van der Waals surface area contributed by atoms with Crippen molar-refractivity contribution in [2.45, 2.75) is 32.6 Å². The minimum absolute atomic E-state index is 0.0404. The Morgan fingerprint density at radius 2 is 1.86 bits per heavy atom. The molecule has 2 fully saturated rings. The highest BCUT2D eigenvalue weighted by Crippen LogP contribution is 2.34. The molecule has 2 amide bonds. The average molecular weight is 291 g/mol. The number of aromatic amines is 1. The summed E-state index contributed by atoms with van der Waals surface area (Å²) >= 11 is 0. The Kier molecular flexibility index (Phi) is 3.61. The number of amides is 2. The molecule has 1 aromatic heterocycles. The standard InChI is InChI=1S/C15H21N3O3/c1-9-6-12(13(16-9)14(19)20)17-15(21)18(7-10-2-3-10)8-11-4-5-11/h6,10-11,16H,2-5,7-8H2,1H3,(H,17,21)(H,19,20). The fourth-order valence-corrected chi connectivity index (χ4v) is 2.52. The topological polar surface area (TPSA) is 85.4 Å². The van der Waals surface area contributed by atoms with Crippen LogP contribution in [0.25, 0.3) is 0 Å². The number of aromatic nitrogens is 1. The number of carbonyl (C=O) groups is 2. The number of aromatic carboxylic acids is 1. The summed E-state index contributed by atoms with van der Waals surface area (Å²) < 4.78 is 0. The number of nitrogens with zero attached hydrogens (tertiary/aromatic N) is 1. The molecule has 21 heavy (non-hydrogen) atoms. The highest BCUT2D eigenvalue weighted by Gasteiger charge is 2.32. The second kappa shape index (κ2) is 5.42. The van der Waals surface area contributed by atoms with Crippen LogP contribution in [0.15, 0.2) is 6.07 Å². The molecule has 6 nitrogen and oxygen atoms in total. The fourth-order valence-electron chi connectivity index (χ4n) is 2.52. The molecule has 3 rings (SSSR count). The lowest BCUT2D eigenvalue weighted by atomic mass is 10.3. The average Bonchev–Trinajstić information content (AvgIpc) is 3.31. The van der Waals surface area contributed by atoms with Crippen molar-refractivity contribution in [1.29, 1.82) is 0 Å². The van der Waals surface area contributed by atoms with Crippen molar-refractivity contribution < 1.29 is 14.7 Å². The molecule has 0 bridgehead atoms. The Balaban J connectivity index is 1.68. The Labute approximate surface area is 123 Å². The van der Waals surface area contributed by atoms with Crippen molar-refractivity contribution in [2.75, 3.05) is 18.4 Å². The number of anilines is 1. The van der Waals surface area contributed by atoms with E-state index in [1.807, 2.05) is 4.90 Å². The van der Waals surface area contributed by atoms with Crippen LogP contribution in [0.1, 0.15) is 41.9 Å². The van der Waals surface area contributed by atoms with Gasteiger partial charge in [0.15, 0.2) is 0 Å². The van der Waals surface area contributed by atoms with Crippen LogP contribution < -0.4 is 5.32 Å². The number of aryl methyl sites for hydroxylation is 1. The Morgan fingerprint density at radius 3 is 2.33 bits per heavy atom. The Bertz CT molecular complexity index is 545. The van der Waals surface area contributed by atoms with Crippen molar-refractivity contribution in [3.05, 3.63) is 17.5 Å². The van der Waals surface area contributed by atoms with Gasteiger partial charge in [-0.2, -0.15) is 0 Å². The van der Waals surface area contributed by atoms with E-state index in [0.29, 0.717) is 17.5 Å². The predicted octanol–water partition coefficient (Wildman–Crippen LogP) is 2.68. The van der Waals surface area contributed by atoms with E-state index in [9.17, 15) is 9.59 Å². The van der Waals surface area contributed by atoms with E-state index in [0.717, 1.165) is 18.8 Å². The van der Waals surface area contributed by atoms with Gasteiger partial charge in [0.1, 0.15) is 5.69 Å². The first-order chi connectivity index (χ1) is 10.0. The van der Waals surface area contributed by atoms with Gasteiger partial charge in [0.25, 0.3) is 0 Å². The van der Waals surface area contributed by atoms with Gasteiger partial charge in [0, 0.05) is 18.8 Å². The first-order valence-corrected chi connectivity index (χ1v) is 7.51. The lowest BCUT2D eigenvalue weighted by Crippen LogP contribution is -2.38. The Morgan fingerprint density at radius 1 is 1.29 bits per heavy atom. The third-order valence-electron chi connectivity index (χ3n) is 4.05. The van der Waals surface area contributed by atoms with Gasteiger partial charge in [-0.05, 0) is 50.5 Å². The highest BCUT2D eigenvalue weighted by atomic mass is 16.4. The molecule has 2 aliphatic rings. The van der Waals surface area contributed by atoms with Crippen LogP contribution in [0, 0.1) is 18.8 Å². The molecule has 1 heterocycles. The SMILES string of the molecule is Cc1cc(NC(=O)N(CC2CC2)CC2CC2)c(C(=O)O)[nH]1. The van der Waals surface area contributed by atoms with Crippen molar-refractivity contribution in [3.8, 4) is 0 Å². The zero-order valence-corrected chi connectivity index (χ0v) is 12.2. The lowest BCUT2D eigenvalue weighted by molar-refractivity contribution is 0.0692. The molecule has 6 heteroatoms. The molecule has 0 spiro atoms. The highest BCUT2D eigenvalue weighted by molar-refractivity contribution is 5.99. The maximum absolute atomic E-state index is 12.4. The van der Waals surface area contributed by atoms with Crippen LogP contribution in [0.5, 0.6) is 0 Å². The van der Waals surface area contributed by atoms with E-state index in [4.69, 9.17) is 5.11 Å². The molecule has 0 radical (unpaired) electrons. The summed E-state index contributed by atoms with van der Waals surface area (Å²) in [5.41, 5.74) is 1.11. The van der Waals surface area contributed by atoms with E-state index < -0.39 is 5.97 Å². The van der Waals surface area contributed by atoms with Crippen LogP contribution in [0.2, 0.25) is 0 Å². The number of carboxylic acids is 1. The summed E-state index contributed by atoms with van der Waals surface area (Å²) in [4.78, 5) is 28.2. The van der Waals surface area contributed by atoms with Crippen molar-refractivity contribution >= 4 is 17.7 Å². The second-order valence-corrected chi connectivity index (χ2v) is 6.27. The minimum atomic E-state index is -1.06. The largest absolute Gasteiger partial charge is 0.477 e. The fraction of sp³-hybridized carbons (Fsp3) is 0.600. The number of urea groups is 1. The van der Waals surface area contributed by atoms with E-state index in [2.05, 4.69) is 10.3 Å². The summed E-state index contributed by atoms with van der Waals surface area (Å²) in [6.07, 6.45) is 4.77. The third-order valence-corrected chi connectivity index (χ3v) is 4.05. The van der Waals surface area contributed by atoms with Crippen LogP contribution in [-0.2, 0) is 0 Å². The minimum Gasteiger partial charge on any atom is -0.477 e. The van der Waals surface area contributed by atoms with E-state index in [1.165, 1.54) is 25.7 Å². The van der Waals surface area contributed by atoms with Crippen LogP contribution in [0.4, 0.5) is 10.5 Å². The number of rotatable bonds is 6. The number of hydrogen-bond donors (Lipinski definition) is 3. The van der Waals surface area contributed by atoms with E-state index >= 15 is 0 Å². The summed E-state index contributed by atoms with van der Waals surface area (Å²) in [5, 5.41) is 11.9. The second-order valence-electron chi connectivity index (χ2n) is 6.27. The van der Waals surface area contributed by atoms with Crippen molar-refractivity contribution in [2.24, 2.45) is 11.8 Å². The Hall–Kier alpha value is -1.98.